The van der Waals surface area contributed by atoms with Crippen molar-refractivity contribution in [1.29, 1.82) is 0 Å². The molecular formula is C27H23ClF6N4O3S. The molecule has 0 radical (unpaired) electrons. The zero-order chi connectivity index (χ0) is 31.0. The van der Waals surface area contributed by atoms with Gasteiger partial charge in [-0.05, 0) is 50.3 Å². The van der Waals surface area contributed by atoms with Gasteiger partial charge in [-0.15, -0.1) is 11.8 Å². The maximum atomic E-state index is 13.6. The lowest BCUT2D eigenvalue weighted by Gasteiger charge is -2.21. The van der Waals surface area contributed by atoms with Crippen molar-refractivity contribution in [2.75, 3.05) is 12.4 Å². The minimum Gasteiger partial charge on any atom is -0.443 e. The van der Waals surface area contributed by atoms with Crippen molar-refractivity contribution in [3.63, 3.8) is 0 Å². The quantitative estimate of drug-likeness (QED) is 0.0915. The van der Waals surface area contributed by atoms with Gasteiger partial charge in [-0.2, -0.15) is 26.3 Å². The van der Waals surface area contributed by atoms with E-state index in [2.05, 4.69) is 15.0 Å². The third-order valence-electron chi connectivity index (χ3n) is 5.49. The lowest BCUT2D eigenvalue weighted by atomic mass is 10.1. The number of nitrogens with zero attached hydrogens (tertiary/aromatic N) is 4. The van der Waals surface area contributed by atoms with Crippen LogP contribution >= 0.6 is 23.4 Å². The van der Waals surface area contributed by atoms with Gasteiger partial charge in [0, 0.05) is 16.5 Å². The lowest BCUT2D eigenvalue weighted by Crippen LogP contribution is -2.27. The third-order valence-corrected chi connectivity index (χ3v) is 6.76. The first-order valence-electron chi connectivity index (χ1n) is 12.3. The molecule has 0 unspecified atom stereocenters. The number of oxime groups is 1. The van der Waals surface area contributed by atoms with Crippen molar-refractivity contribution >= 4 is 57.6 Å². The van der Waals surface area contributed by atoms with Crippen LogP contribution in [-0.4, -0.2) is 51.0 Å². The molecular weight excluding hydrogens is 610 g/mol. The monoisotopic (exact) mass is 632 g/mol. The molecule has 0 N–H and O–H groups in total. The van der Waals surface area contributed by atoms with E-state index in [1.165, 1.54) is 17.8 Å². The number of fused-ring (bicyclic) bond motifs is 2. The number of alkyl halides is 6. The molecule has 0 amide bonds. The Balaban J connectivity index is 1.96. The molecule has 15 heteroatoms. The van der Waals surface area contributed by atoms with E-state index in [1.54, 1.807) is 39.0 Å². The first-order chi connectivity index (χ1) is 19.5. The van der Waals surface area contributed by atoms with Gasteiger partial charge in [0.1, 0.15) is 22.5 Å². The van der Waals surface area contributed by atoms with Crippen LogP contribution in [0, 0.1) is 0 Å². The molecule has 4 aromatic rings. The molecule has 3 heterocycles. The number of thioether (sulfide) groups is 1. The number of ether oxygens (including phenoxy) is 1. The normalized spacial score (nSPS) is 12.9. The summed E-state index contributed by atoms with van der Waals surface area (Å²) >= 11 is 8.06. The molecule has 42 heavy (non-hydrogen) atoms. The molecule has 0 aliphatic heterocycles. The standard InChI is InChI=1S/C27H23ClF6N4O3S/c1-5-42-19-9-15-7-6-14(11-36-40-13-26(29,30)31)8-17(15)37-22(19)23-20(28)21-18(10-16(12-35-21)27(32,33)34)38(23)24(39)41-25(2,3)4/h6-12H,5,13H2,1-4H3/b36-11+. The average molecular weight is 633 g/mol. The lowest BCUT2D eigenvalue weighted by molar-refractivity contribution is -0.173. The maximum Gasteiger partial charge on any atom is 0.425 e. The topological polar surface area (TPSA) is 78.6 Å². The Morgan fingerprint density at radius 2 is 1.83 bits per heavy atom. The average Bonchev–Trinajstić information content (AvgIpc) is 3.16. The second-order valence-electron chi connectivity index (χ2n) is 9.91. The van der Waals surface area contributed by atoms with Gasteiger partial charge in [-0.1, -0.05) is 35.8 Å². The van der Waals surface area contributed by atoms with Gasteiger partial charge in [-0.25, -0.2) is 14.3 Å². The molecule has 3 aromatic heterocycles. The van der Waals surface area contributed by atoms with E-state index in [9.17, 15) is 31.1 Å². The zero-order valence-corrected chi connectivity index (χ0v) is 24.1. The van der Waals surface area contributed by atoms with Gasteiger partial charge in [0.15, 0.2) is 0 Å². The van der Waals surface area contributed by atoms with Crippen molar-refractivity contribution in [3.05, 3.63) is 52.7 Å². The number of benzene rings is 1. The van der Waals surface area contributed by atoms with Crippen molar-refractivity contribution in [2.24, 2.45) is 5.16 Å². The highest BCUT2D eigenvalue weighted by molar-refractivity contribution is 7.99. The fourth-order valence-electron chi connectivity index (χ4n) is 3.87. The van der Waals surface area contributed by atoms with Gasteiger partial charge in [-0.3, -0.25) is 4.98 Å². The summed E-state index contributed by atoms with van der Waals surface area (Å²) in [6, 6.07) is 7.31. The van der Waals surface area contributed by atoms with Crippen molar-refractivity contribution < 1.29 is 40.7 Å². The first-order valence-corrected chi connectivity index (χ1v) is 13.7. The Labute approximate surface area is 244 Å². The molecule has 224 valence electrons. The molecule has 0 aliphatic carbocycles. The SMILES string of the molecule is CCSc1cc2ccc(/C=N/OCC(F)(F)F)cc2nc1-c1c(Cl)c2ncc(C(F)(F)F)cc2n1C(=O)OC(C)(C)C. The number of carbonyl (C=O) groups excluding carboxylic acids is 1. The minimum absolute atomic E-state index is 0.0295. The van der Waals surface area contributed by atoms with Crippen LogP contribution in [-0.2, 0) is 15.8 Å². The summed E-state index contributed by atoms with van der Waals surface area (Å²) < 4.78 is 84.3. The van der Waals surface area contributed by atoms with E-state index in [4.69, 9.17) is 21.3 Å². The molecule has 0 fully saturated rings. The maximum absolute atomic E-state index is 13.6. The van der Waals surface area contributed by atoms with Crippen LogP contribution in [0.1, 0.15) is 38.8 Å². The van der Waals surface area contributed by atoms with Crippen molar-refractivity contribution in [2.45, 2.75) is 50.5 Å². The molecule has 0 aliphatic rings. The Kier molecular flexibility index (Phi) is 8.70. The fourth-order valence-corrected chi connectivity index (χ4v) is 4.99. The summed E-state index contributed by atoms with van der Waals surface area (Å²) in [5, 5.41) is 3.86. The number of hydrogen-bond donors (Lipinski definition) is 0. The summed E-state index contributed by atoms with van der Waals surface area (Å²) in [5.41, 5.74) is -1.56. The molecule has 0 saturated carbocycles. The number of pyridine rings is 2. The summed E-state index contributed by atoms with van der Waals surface area (Å²) in [6.07, 6.45) is -8.59. The Bertz CT molecular complexity index is 1680. The highest BCUT2D eigenvalue weighted by Crippen LogP contribution is 2.42. The van der Waals surface area contributed by atoms with E-state index in [0.29, 0.717) is 33.3 Å². The summed E-state index contributed by atoms with van der Waals surface area (Å²) in [5.74, 6) is 0.572. The van der Waals surface area contributed by atoms with E-state index in [0.717, 1.165) is 16.8 Å². The molecule has 0 saturated heterocycles. The largest absolute Gasteiger partial charge is 0.443 e. The van der Waals surface area contributed by atoms with Crippen LogP contribution in [0.2, 0.25) is 5.02 Å². The van der Waals surface area contributed by atoms with Gasteiger partial charge in [0.25, 0.3) is 0 Å². The highest BCUT2D eigenvalue weighted by atomic mass is 35.5. The number of rotatable bonds is 6. The number of carbonyl (C=O) groups is 1. The Morgan fingerprint density at radius 3 is 2.45 bits per heavy atom. The number of aromatic nitrogens is 3. The third kappa shape index (κ3) is 7.09. The van der Waals surface area contributed by atoms with Crippen LogP contribution in [0.4, 0.5) is 31.1 Å². The predicted octanol–water partition coefficient (Wildman–Crippen LogP) is 8.73. The molecule has 0 bridgehead atoms. The van der Waals surface area contributed by atoms with Crippen LogP contribution < -0.4 is 0 Å². The van der Waals surface area contributed by atoms with E-state index < -0.39 is 36.2 Å². The van der Waals surface area contributed by atoms with Gasteiger partial charge < -0.3 is 9.57 Å². The summed E-state index contributed by atoms with van der Waals surface area (Å²) in [6.45, 7) is 5.12. The predicted molar refractivity (Wildman–Crippen MR) is 148 cm³/mol. The van der Waals surface area contributed by atoms with E-state index >= 15 is 0 Å². The smallest absolute Gasteiger partial charge is 0.425 e. The minimum atomic E-state index is -4.75. The molecule has 1 aromatic carbocycles. The van der Waals surface area contributed by atoms with Gasteiger partial charge in [0.2, 0.25) is 6.61 Å². The summed E-state index contributed by atoms with van der Waals surface area (Å²) in [7, 11) is 0. The van der Waals surface area contributed by atoms with Crippen molar-refractivity contribution in [3.8, 4) is 11.4 Å². The molecule has 0 spiro atoms. The van der Waals surface area contributed by atoms with Crippen LogP contribution in [0.5, 0.6) is 0 Å². The van der Waals surface area contributed by atoms with E-state index in [1.807, 2.05) is 6.92 Å². The summed E-state index contributed by atoms with van der Waals surface area (Å²) in [4.78, 5) is 26.9. The second-order valence-corrected chi connectivity index (χ2v) is 11.6. The Morgan fingerprint density at radius 1 is 1.12 bits per heavy atom. The number of hydrogen-bond acceptors (Lipinski definition) is 7. The fraction of sp³-hybridized carbons (Fsp3) is 0.333. The van der Waals surface area contributed by atoms with Crippen LogP contribution in [0.15, 0.2) is 46.6 Å². The molecule has 0 atom stereocenters. The van der Waals surface area contributed by atoms with Crippen molar-refractivity contribution in [1.82, 2.24) is 14.5 Å². The van der Waals surface area contributed by atoms with Gasteiger partial charge >= 0.3 is 18.4 Å². The molecule has 4 rings (SSSR count). The Hall–Kier alpha value is -3.52. The number of halogens is 7. The van der Waals surface area contributed by atoms with Crippen LogP contribution in [0.25, 0.3) is 33.3 Å². The molecule has 7 nitrogen and oxygen atoms in total. The van der Waals surface area contributed by atoms with Crippen LogP contribution in [0.3, 0.4) is 0 Å². The highest BCUT2D eigenvalue weighted by Gasteiger charge is 2.35. The van der Waals surface area contributed by atoms with Gasteiger partial charge in [0.05, 0.1) is 27.8 Å². The zero-order valence-electron chi connectivity index (χ0n) is 22.5. The first kappa shape index (κ1) is 31.4. The second kappa shape index (κ2) is 11.6. The van der Waals surface area contributed by atoms with E-state index in [-0.39, 0.29) is 27.4 Å².